The van der Waals surface area contributed by atoms with Gasteiger partial charge in [-0.25, -0.2) is 9.78 Å². The molecule has 5 heteroatoms. The number of carboxylic acids is 1. The molecule has 0 aromatic carbocycles. The molecule has 1 heterocycles. The lowest BCUT2D eigenvalue weighted by molar-refractivity contribution is 0.0696. The fourth-order valence-electron chi connectivity index (χ4n) is 0.998. The Morgan fingerprint density at radius 3 is 2.67 bits per heavy atom. The third kappa shape index (κ3) is 2.45. The number of carboxylic acid groups (broad SMARTS) is 1. The molecule has 0 saturated heterocycles. The van der Waals surface area contributed by atoms with E-state index in [0.29, 0.717) is 5.69 Å². The minimum Gasteiger partial charge on any atom is -0.478 e. The van der Waals surface area contributed by atoms with Gasteiger partial charge in [-0.05, 0) is 26.0 Å². The van der Waals surface area contributed by atoms with E-state index in [1.807, 2.05) is 6.07 Å². The van der Waals surface area contributed by atoms with Gasteiger partial charge in [-0.3, -0.25) is 0 Å². The summed E-state index contributed by atoms with van der Waals surface area (Å²) >= 11 is 5.67. The Bertz CT molecular complexity index is 449. The van der Waals surface area contributed by atoms with E-state index < -0.39 is 11.4 Å². The average molecular weight is 225 g/mol. The van der Waals surface area contributed by atoms with Crippen molar-refractivity contribution < 1.29 is 9.90 Å². The van der Waals surface area contributed by atoms with Crippen molar-refractivity contribution >= 4 is 17.6 Å². The molecular weight excluding hydrogens is 216 g/mol. The summed E-state index contributed by atoms with van der Waals surface area (Å²) in [5, 5.41) is 17.8. The Balaban J connectivity index is 3.34. The number of aromatic carboxylic acids is 1. The van der Waals surface area contributed by atoms with Crippen molar-refractivity contribution in [3.63, 3.8) is 0 Å². The summed E-state index contributed by atoms with van der Waals surface area (Å²) in [6, 6.07) is 4.65. The van der Waals surface area contributed by atoms with Crippen molar-refractivity contribution in [1.29, 1.82) is 5.26 Å². The first kappa shape index (κ1) is 11.5. The maximum atomic E-state index is 10.8. The highest BCUT2D eigenvalue weighted by molar-refractivity contribution is 6.29. The molecule has 0 bridgehead atoms. The normalized spacial score (nSPS) is 10.8. The second kappa shape index (κ2) is 3.87. The Hall–Kier alpha value is -1.60. The van der Waals surface area contributed by atoms with Crippen LogP contribution >= 0.6 is 11.6 Å². The number of nitriles is 1. The summed E-state index contributed by atoms with van der Waals surface area (Å²) < 4.78 is 0. The zero-order valence-electron chi connectivity index (χ0n) is 8.28. The lowest BCUT2D eigenvalue weighted by atomic mass is 9.90. The molecule has 0 aliphatic rings. The fraction of sp³-hybridized carbons (Fsp3) is 0.300. The number of halogens is 1. The van der Waals surface area contributed by atoms with Crippen LogP contribution in [0.25, 0.3) is 0 Å². The van der Waals surface area contributed by atoms with Gasteiger partial charge in [0.15, 0.2) is 0 Å². The van der Waals surface area contributed by atoms with Crippen LogP contribution in [0.2, 0.25) is 5.15 Å². The van der Waals surface area contributed by atoms with Crippen molar-refractivity contribution in [2.24, 2.45) is 0 Å². The minimum atomic E-state index is -1.09. The van der Waals surface area contributed by atoms with Crippen LogP contribution in [-0.2, 0) is 5.41 Å². The fourth-order valence-corrected chi connectivity index (χ4v) is 1.21. The van der Waals surface area contributed by atoms with Crippen molar-refractivity contribution in [2.75, 3.05) is 0 Å². The summed E-state index contributed by atoms with van der Waals surface area (Å²) in [7, 11) is 0. The van der Waals surface area contributed by atoms with Gasteiger partial charge in [0.05, 0.1) is 22.7 Å². The van der Waals surface area contributed by atoms with Gasteiger partial charge >= 0.3 is 5.97 Å². The number of nitrogens with zero attached hydrogens (tertiary/aromatic N) is 2. The predicted molar refractivity (Wildman–Crippen MR) is 54.8 cm³/mol. The number of hydrogen-bond donors (Lipinski definition) is 1. The van der Waals surface area contributed by atoms with Crippen molar-refractivity contribution in [3.05, 3.63) is 28.5 Å². The molecule has 15 heavy (non-hydrogen) atoms. The Morgan fingerprint density at radius 2 is 2.20 bits per heavy atom. The molecule has 1 aromatic heterocycles. The van der Waals surface area contributed by atoms with Gasteiger partial charge in [-0.15, -0.1) is 0 Å². The lowest BCUT2D eigenvalue weighted by Crippen LogP contribution is -2.17. The number of pyridine rings is 1. The summed E-state index contributed by atoms with van der Waals surface area (Å²) in [6.45, 7) is 3.30. The molecule has 1 aromatic rings. The van der Waals surface area contributed by atoms with Gasteiger partial charge in [0.2, 0.25) is 0 Å². The first-order valence-corrected chi connectivity index (χ1v) is 4.57. The van der Waals surface area contributed by atoms with Crippen LogP contribution in [0, 0.1) is 11.3 Å². The van der Waals surface area contributed by atoms with Gasteiger partial charge in [0.1, 0.15) is 5.15 Å². The molecule has 0 atom stereocenters. The molecule has 0 radical (unpaired) electrons. The minimum absolute atomic E-state index is 0.0355. The maximum Gasteiger partial charge on any atom is 0.335 e. The quantitative estimate of drug-likeness (QED) is 0.782. The Morgan fingerprint density at radius 1 is 1.60 bits per heavy atom. The van der Waals surface area contributed by atoms with Crippen LogP contribution in [0.3, 0.4) is 0 Å². The van der Waals surface area contributed by atoms with E-state index in [0.717, 1.165) is 0 Å². The molecule has 0 unspecified atom stereocenters. The molecule has 1 rings (SSSR count). The molecule has 1 N–H and O–H groups in total. The van der Waals surface area contributed by atoms with E-state index in [9.17, 15) is 4.79 Å². The standard InChI is InChI=1S/C10H9ClN2O2/c1-10(2,5-12)7-3-6(9(14)15)4-8(11)13-7/h3-4H,1-2H3,(H,14,15). The third-order valence-corrected chi connectivity index (χ3v) is 2.15. The molecule has 0 aliphatic carbocycles. The first-order valence-electron chi connectivity index (χ1n) is 4.19. The smallest absolute Gasteiger partial charge is 0.335 e. The van der Waals surface area contributed by atoms with Crippen LogP contribution < -0.4 is 0 Å². The van der Waals surface area contributed by atoms with Gasteiger partial charge in [-0.2, -0.15) is 5.26 Å². The topological polar surface area (TPSA) is 74.0 Å². The van der Waals surface area contributed by atoms with Crippen molar-refractivity contribution in [2.45, 2.75) is 19.3 Å². The van der Waals surface area contributed by atoms with Crippen LogP contribution in [0.1, 0.15) is 29.9 Å². The second-order valence-corrected chi connectivity index (χ2v) is 3.99. The first-order chi connectivity index (χ1) is 6.86. The van der Waals surface area contributed by atoms with E-state index in [-0.39, 0.29) is 10.7 Å². The average Bonchev–Trinajstić information content (AvgIpc) is 2.16. The highest BCUT2D eigenvalue weighted by atomic mass is 35.5. The molecule has 4 nitrogen and oxygen atoms in total. The second-order valence-electron chi connectivity index (χ2n) is 3.61. The van der Waals surface area contributed by atoms with E-state index in [1.165, 1.54) is 12.1 Å². The van der Waals surface area contributed by atoms with Crippen LogP contribution in [0.4, 0.5) is 0 Å². The van der Waals surface area contributed by atoms with Gasteiger partial charge in [0.25, 0.3) is 0 Å². The number of hydrogen-bond acceptors (Lipinski definition) is 3. The van der Waals surface area contributed by atoms with Gasteiger partial charge in [-0.1, -0.05) is 11.6 Å². The lowest BCUT2D eigenvalue weighted by Gasteiger charge is -2.14. The van der Waals surface area contributed by atoms with Gasteiger partial charge in [0, 0.05) is 0 Å². The maximum absolute atomic E-state index is 10.8. The van der Waals surface area contributed by atoms with E-state index in [1.54, 1.807) is 13.8 Å². The molecule has 0 amide bonds. The summed E-state index contributed by atoms with van der Waals surface area (Å²) in [5.74, 6) is -1.09. The summed E-state index contributed by atoms with van der Waals surface area (Å²) in [5.41, 5.74) is -0.460. The monoisotopic (exact) mass is 224 g/mol. The molecule has 0 saturated carbocycles. The van der Waals surface area contributed by atoms with E-state index >= 15 is 0 Å². The predicted octanol–water partition coefficient (Wildman–Crippen LogP) is 2.23. The SMILES string of the molecule is CC(C)(C#N)c1cc(C(=O)O)cc(Cl)n1. The highest BCUT2D eigenvalue weighted by Crippen LogP contribution is 2.23. The van der Waals surface area contributed by atoms with Crippen molar-refractivity contribution in [3.8, 4) is 6.07 Å². The highest BCUT2D eigenvalue weighted by Gasteiger charge is 2.23. The molecule has 0 spiro atoms. The van der Waals surface area contributed by atoms with Gasteiger partial charge < -0.3 is 5.11 Å². The zero-order chi connectivity index (χ0) is 11.6. The molecular formula is C10H9ClN2O2. The molecule has 0 fully saturated rings. The molecule has 0 aliphatic heterocycles. The number of aromatic nitrogens is 1. The summed E-state index contributed by atoms with van der Waals surface area (Å²) in [4.78, 5) is 14.7. The van der Waals surface area contributed by atoms with Crippen LogP contribution in [0.15, 0.2) is 12.1 Å². The zero-order valence-corrected chi connectivity index (χ0v) is 9.04. The Labute approximate surface area is 92.1 Å². The van der Waals surface area contributed by atoms with E-state index in [2.05, 4.69) is 4.98 Å². The van der Waals surface area contributed by atoms with Crippen molar-refractivity contribution in [1.82, 2.24) is 4.98 Å². The number of carbonyl (C=O) groups is 1. The van der Waals surface area contributed by atoms with Crippen LogP contribution in [0.5, 0.6) is 0 Å². The third-order valence-electron chi connectivity index (χ3n) is 1.96. The largest absolute Gasteiger partial charge is 0.478 e. The number of rotatable bonds is 2. The molecule has 78 valence electrons. The van der Waals surface area contributed by atoms with E-state index in [4.69, 9.17) is 22.0 Å². The van der Waals surface area contributed by atoms with Crippen LogP contribution in [-0.4, -0.2) is 16.1 Å². The Kier molecular flexibility index (Phi) is 2.96. The summed E-state index contributed by atoms with van der Waals surface area (Å²) in [6.07, 6.45) is 0.